The smallest absolute Gasteiger partial charge is 0.254 e. The second kappa shape index (κ2) is 11.9. The molecule has 0 bridgehead atoms. The Bertz CT molecular complexity index is 1520. The molecule has 1 amide bonds. The largest absolute Gasteiger partial charge is 0.497 e. The Morgan fingerprint density at radius 3 is 2.20 bits per heavy atom. The zero-order valence-electron chi connectivity index (χ0n) is 24.2. The van der Waals surface area contributed by atoms with Gasteiger partial charge < -0.3 is 24.8 Å². The van der Waals surface area contributed by atoms with Crippen LogP contribution < -0.4 is 24.8 Å². The number of dihydropyridines is 1. The number of anilines is 1. The van der Waals surface area contributed by atoms with Crippen molar-refractivity contribution in [2.45, 2.75) is 44.9 Å². The molecule has 0 saturated carbocycles. The summed E-state index contributed by atoms with van der Waals surface area (Å²) in [6.45, 7) is 4.02. The minimum Gasteiger partial charge on any atom is -0.497 e. The number of ether oxygens (including phenoxy) is 3. The molecular weight excluding hydrogens is 516 g/mol. The molecule has 0 fully saturated rings. The van der Waals surface area contributed by atoms with Gasteiger partial charge in [-0.3, -0.25) is 9.59 Å². The summed E-state index contributed by atoms with van der Waals surface area (Å²) in [5.74, 6) is 1.27. The summed E-state index contributed by atoms with van der Waals surface area (Å²) in [5, 5.41) is 6.49. The Morgan fingerprint density at radius 2 is 1.56 bits per heavy atom. The van der Waals surface area contributed by atoms with Crippen LogP contribution in [-0.2, 0) is 16.0 Å². The molecule has 2 N–H and O–H groups in total. The topological polar surface area (TPSA) is 85.9 Å². The lowest BCUT2D eigenvalue weighted by Crippen LogP contribution is -2.37. The van der Waals surface area contributed by atoms with Crippen LogP contribution in [-0.4, -0.2) is 33.0 Å². The van der Waals surface area contributed by atoms with Gasteiger partial charge in [0.2, 0.25) is 0 Å². The zero-order valence-corrected chi connectivity index (χ0v) is 24.2. The fourth-order valence-electron chi connectivity index (χ4n) is 5.83. The number of Topliss-reactive ketones (excluding diaryl/α,β-unsaturated/α-hetero) is 1. The molecule has 41 heavy (non-hydrogen) atoms. The van der Waals surface area contributed by atoms with Crippen LogP contribution in [0.4, 0.5) is 5.69 Å². The monoisotopic (exact) mass is 552 g/mol. The van der Waals surface area contributed by atoms with E-state index in [-0.39, 0.29) is 17.6 Å². The molecule has 0 aromatic heterocycles. The van der Waals surface area contributed by atoms with Crippen LogP contribution in [0.25, 0.3) is 0 Å². The van der Waals surface area contributed by atoms with Crippen molar-refractivity contribution in [3.63, 3.8) is 0 Å². The second-order valence-corrected chi connectivity index (χ2v) is 10.4. The van der Waals surface area contributed by atoms with Crippen molar-refractivity contribution in [2.75, 3.05) is 26.6 Å². The van der Waals surface area contributed by atoms with E-state index in [0.717, 1.165) is 28.9 Å². The van der Waals surface area contributed by atoms with Crippen molar-refractivity contribution >= 4 is 17.4 Å². The van der Waals surface area contributed by atoms with Gasteiger partial charge in [-0.15, -0.1) is 0 Å². The van der Waals surface area contributed by atoms with Crippen LogP contribution in [0.15, 0.2) is 89.3 Å². The quantitative estimate of drug-likeness (QED) is 0.342. The molecule has 1 aliphatic carbocycles. The summed E-state index contributed by atoms with van der Waals surface area (Å²) in [4.78, 5) is 27.8. The third-order valence-electron chi connectivity index (χ3n) is 8.02. The number of carbonyl (C=O) groups excluding carboxylic acids is 2. The number of amides is 1. The molecule has 0 radical (unpaired) electrons. The maximum Gasteiger partial charge on any atom is 0.254 e. The average Bonchev–Trinajstić information content (AvgIpc) is 3.00. The van der Waals surface area contributed by atoms with Gasteiger partial charge in [-0.05, 0) is 78.8 Å². The zero-order chi connectivity index (χ0) is 29.1. The normalized spacial score (nSPS) is 18.4. The summed E-state index contributed by atoms with van der Waals surface area (Å²) >= 11 is 0. The number of methoxy groups -OCH3 is 3. The number of hydrogen-bond acceptors (Lipinski definition) is 6. The van der Waals surface area contributed by atoms with Gasteiger partial charge in [0.15, 0.2) is 17.3 Å². The first-order chi connectivity index (χ1) is 19.9. The van der Waals surface area contributed by atoms with Crippen LogP contribution in [0.3, 0.4) is 0 Å². The van der Waals surface area contributed by atoms with Crippen LogP contribution in [0, 0.1) is 0 Å². The lowest BCUT2D eigenvalue weighted by molar-refractivity contribution is -0.116. The Morgan fingerprint density at radius 1 is 0.878 bits per heavy atom. The molecule has 7 nitrogen and oxygen atoms in total. The van der Waals surface area contributed by atoms with Gasteiger partial charge in [0, 0.05) is 40.6 Å². The Balaban J connectivity index is 1.53. The lowest BCUT2D eigenvalue weighted by atomic mass is 9.71. The summed E-state index contributed by atoms with van der Waals surface area (Å²) in [6, 6.07) is 21.3. The van der Waals surface area contributed by atoms with Crippen molar-refractivity contribution in [3.8, 4) is 17.2 Å². The highest BCUT2D eigenvalue weighted by Gasteiger charge is 2.41. The van der Waals surface area contributed by atoms with Crippen LogP contribution >= 0.6 is 0 Å². The van der Waals surface area contributed by atoms with Crippen LogP contribution in [0.5, 0.6) is 17.2 Å². The number of allylic oxidation sites excluding steroid dienone is 3. The van der Waals surface area contributed by atoms with E-state index in [1.807, 2.05) is 37.3 Å². The minimum atomic E-state index is -0.478. The summed E-state index contributed by atoms with van der Waals surface area (Å²) in [5.41, 5.74) is 6.60. The molecule has 0 spiro atoms. The van der Waals surface area contributed by atoms with Crippen LogP contribution in [0.1, 0.15) is 55.2 Å². The first-order valence-corrected chi connectivity index (χ1v) is 13.9. The molecule has 5 rings (SSSR count). The number of aryl methyl sites for hydroxylation is 1. The predicted molar refractivity (Wildman–Crippen MR) is 160 cm³/mol. The molecular formula is C34H36N2O5. The number of nitrogens with one attached hydrogen (secondary N) is 2. The molecule has 3 aromatic rings. The van der Waals surface area contributed by atoms with Crippen LogP contribution in [0.2, 0.25) is 0 Å². The Kier molecular flexibility index (Phi) is 8.15. The maximum atomic E-state index is 14.0. The van der Waals surface area contributed by atoms with Crippen molar-refractivity contribution in [3.05, 3.63) is 106 Å². The predicted octanol–water partition coefficient (Wildman–Crippen LogP) is 6.28. The summed E-state index contributed by atoms with van der Waals surface area (Å²) < 4.78 is 16.2. The number of hydrogen-bond donors (Lipinski definition) is 2. The van der Waals surface area contributed by atoms with Crippen molar-refractivity contribution in [1.82, 2.24) is 5.32 Å². The van der Waals surface area contributed by atoms with Gasteiger partial charge in [-0.1, -0.05) is 37.3 Å². The first kappa shape index (κ1) is 28.0. The number of carbonyl (C=O) groups is 2. The molecule has 7 heteroatoms. The standard InChI is InChI=1S/C34H36N2O5/c1-6-21-7-9-22(10-8-21)32-31(34(38)36-25-12-14-26(39-3)15-13-25)20(2)35-27-17-24(18-28(37)33(27)32)23-11-16-29(40-4)30(19-23)41-5/h7-16,19,24,32,35H,6,17-18H2,1-5H3,(H,36,38)/t24-,32-/m0/s1. The van der Waals surface area contributed by atoms with Gasteiger partial charge in [-0.25, -0.2) is 0 Å². The molecule has 1 heterocycles. The van der Waals surface area contributed by atoms with Gasteiger partial charge in [0.25, 0.3) is 5.91 Å². The van der Waals surface area contributed by atoms with E-state index in [1.54, 1.807) is 45.6 Å². The minimum absolute atomic E-state index is 0.0286. The van der Waals surface area contributed by atoms with E-state index in [0.29, 0.717) is 46.9 Å². The summed E-state index contributed by atoms with van der Waals surface area (Å²) in [7, 11) is 4.82. The van der Waals surface area contributed by atoms with Gasteiger partial charge in [0.05, 0.1) is 21.3 Å². The van der Waals surface area contributed by atoms with Crippen molar-refractivity contribution in [2.24, 2.45) is 0 Å². The number of benzene rings is 3. The fraction of sp³-hybridized carbons (Fsp3) is 0.294. The van der Waals surface area contributed by atoms with E-state index in [4.69, 9.17) is 14.2 Å². The molecule has 0 saturated heterocycles. The molecule has 1 aliphatic heterocycles. The second-order valence-electron chi connectivity index (χ2n) is 10.4. The highest BCUT2D eigenvalue weighted by molar-refractivity contribution is 6.10. The third kappa shape index (κ3) is 5.57. The van der Waals surface area contributed by atoms with E-state index in [9.17, 15) is 9.59 Å². The van der Waals surface area contributed by atoms with Crippen molar-refractivity contribution in [1.29, 1.82) is 0 Å². The fourth-order valence-corrected chi connectivity index (χ4v) is 5.83. The van der Waals surface area contributed by atoms with E-state index in [2.05, 4.69) is 29.7 Å². The molecule has 2 aliphatic rings. The molecule has 212 valence electrons. The Hall–Kier alpha value is -4.52. The highest BCUT2D eigenvalue weighted by Crippen LogP contribution is 2.46. The van der Waals surface area contributed by atoms with Gasteiger partial charge in [0.1, 0.15) is 5.75 Å². The first-order valence-electron chi connectivity index (χ1n) is 13.9. The molecule has 3 aromatic carbocycles. The lowest BCUT2D eigenvalue weighted by Gasteiger charge is -2.37. The average molecular weight is 553 g/mol. The molecule has 2 atom stereocenters. The SMILES string of the molecule is CCc1ccc([C@H]2C(C(=O)Nc3ccc(OC)cc3)=C(C)NC3=C2C(=O)C[C@@H](c2ccc(OC)c(OC)c2)C3)cc1. The third-order valence-corrected chi connectivity index (χ3v) is 8.02. The number of ketones is 1. The van der Waals surface area contributed by atoms with Gasteiger partial charge in [-0.2, -0.15) is 0 Å². The van der Waals surface area contributed by atoms with Gasteiger partial charge >= 0.3 is 0 Å². The molecule has 0 unspecified atom stereocenters. The highest BCUT2D eigenvalue weighted by atomic mass is 16.5. The summed E-state index contributed by atoms with van der Waals surface area (Å²) in [6.07, 6.45) is 1.89. The maximum absolute atomic E-state index is 14.0. The number of rotatable bonds is 8. The van der Waals surface area contributed by atoms with E-state index >= 15 is 0 Å². The van der Waals surface area contributed by atoms with E-state index < -0.39 is 5.92 Å². The Labute approximate surface area is 241 Å². The van der Waals surface area contributed by atoms with Crippen molar-refractivity contribution < 1.29 is 23.8 Å². The van der Waals surface area contributed by atoms with E-state index in [1.165, 1.54) is 5.56 Å².